The van der Waals surface area contributed by atoms with Crippen LogP contribution in [0.15, 0.2) is 0 Å². The molecule has 1 unspecified atom stereocenters. The highest BCUT2D eigenvalue weighted by molar-refractivity contribution is 8.24. The number of nitrogens with one attached hydrogen (secondary N) is 1. The fourth-order valence-electron chi connectivity index (χ4n) is 2.12. The van der Waals surface area contributed by atoms with E-state index in [1.165, 1.54) is 32.1 Å². The van der Waals surface area contributed by atoms with Gasteiger partial charge >= 0.3 is 0 Å². The van der Waals surface area contributed by atoms with Crippen molar-refractivity contribution in [3.05, 3.63) is 0 Å². The van der Waals surface area contributed by atoms with Gasteiger partial charge in [-0.1, -0.05) is 43.2 Å². The Hall–Kier alpha value is -0.0900. The summed E-state index contributed by atoms with van der Waals surface area (Å²) in [4.78, 5) is 11.5. The SMILES string of the molecule is O=C1NC(=S)SC1C1CCCCC1. The molecule has 1 N–H and O–H groups in total. The van der Waals surface area contributed by atoms with Gasteiger partial charge in [0.25, 0.3) is 0 Å². The smallest absolute Gasteiger partial charge is 0.239 e. The summed E-state index contributed by atoms with van der Waals surface area (Å²) in [6, 6.07) is 0. The maximum absolute atomic E-state index is 11.5. The summed E-state index contributed by atoms with van der Waals surface area (Å²) in [5.74, 6) is 0.709. The maximum atomic E-state index is 11.5. The Kier molecular flexibility index (Phi) is 2.89. The Morgan fingerprint density at radius 2 is 2.00 bits per heavy atom. The van der Waals surface area contributed by atoms with Crippen LogP contribution in [-0.2, 0) is 4.79 Å². The molecule has 1 amide bonds. The van der Waals surface area contributed by atoms with E-state index >= 15 is 0 Å². The van der Waals surface area contributed by atoms with Crippen LogP contribution in [0.1, 0.15) is 32.1 Å². The molecule has 1 saturated heterocycles. The number of rotatable bonds is 1. The van der Waals surface area contributed by atoms with Crippen molar-refractivity contribution in [3.63, 3.8) is 0 Å². The first-order valence-electron chi connectivity index (χ1n) is 4.79. The van der Waals surface area contributed by atoms with Crippen LogP contribution in [-0.4, -0.2) is 15.5 Å². The molecular weight excluding hydrogens is 202 g/mol. The lowest BCUT2D eigenvalue weighted by Gasteiger charge is -2.24. The van der Waals surface area contributed by atoms with Crippen molar-refractivity contribution >= 4 is 34.2 Å². The van der Waals surface area contributed by atoms with E-state index in [2.05, 4.69) is 5.32 Å². The second kappa shape index (κ2) is 3.96. The highest BCUT2D eigenvalue weighted by Gasteiger charge is 2.36. The van der Waals surface area contributed by atoms with Gasteiger partial charge in [0.15, 0.2) is 0 Å². The quantitative estimate of drug-likeness (QED) is 0.679. The molecule has 13 heavy (non-hydrogen) atoms. The predicted molar refractivity (Wildman–Crippen MR) is 58.7 cm³/mol. The van der Waals surface area contributed by atoms with Crippen molar-refractivity contribution in [2.75, 3.05) is 0 Å². The molecule has 1 atom stereocenters. The zero-order valence-electron chi connectivity index (χ0n) is 7.41. The Bertz CT molecular complexity index is 236. The van der Waals surface area contributed by atoms with Gasteiger partial charge in [0.2, 0.25) is 5.91 Å². The van der Waals surface area contributed by atoms with E-state index in [0.29, 0.717) is 10.2 Å². The fraction of sp³-hybridized carbons (Fsp3) is 0.778. The van der Waals surface area contributed by atoms with Crippen LogP contribution in [0.2, 0.25) is 0 Å². The van der Waals surface area contributed by atoms with Crippen LogP contribution < -0.4 is 5.32 Å². The Labute approximate surface area is 87.8 Å². The van der Waals surface area contributed by atoms with Crippen LogP contribution in [0, 0.1) is 5.92 Å². The third kappa shape index (κ3) is 2.05. The molecule has 0 aromatic heterocycles. The number of carbonyl (C=O) groups excluding carboxylic acids is 1. The first-order valence-corrected chi connectivity index (χ1v) is 6.07. The number of amides is 1. The number of thioether (sulfide) groups is 1. The Morgan fingerprint density at radius 1 is 1.31 bits per heavy atom. The lowest BCUT2D eigenvalue weighted by Crippen LogP contribution is -2.30. The van der Waals surface area contributed by atoms with Crippen molar-refractivity contribution in [3.8, 4) is 0 Å². The average Bonchev–Trinajstić information content (AvgIpc) is 2.47. The molecule has 0 aromatic rings. The molecule has 72 valence electrons. The van der Waals surface area contributed by atoms with Gasteiger partial charge in [0, 0.05) is 0 Å². The van der Waals surface area contributed by atoms with Gasteiger partial charge in [0.1, 0.15) is 4.32 Å². The van der Waals surface area contributed by atoms with E-state index in [4.69, 9.17) is 12.2 Å². The van der Waals surface area contributed by atoms with E-state index in [0.717, 1.165) is 0 Å². The normalized spacial score (nSPS) is 30.6. The molecule has 2 fully saturated rings. The van der Waals surface area contributed by atoms with Crippen LogP contribution in [0.25, 0.3) is 0 Å². The van der Waals surface area contributed by atoms with E-state index in [9.17, 15) is 4.79 Å². The van der Waals surface area contributed by atoms with Gasteiger partial charge < -0.3 is 5.32 Å². The van der Waals surface area contributed by atoms with Gasteiger partial charge in [-0.3, -0.25) is 4.79 Å². The molecule has 1 aliphatic carbocycles. The summed E-state index contributed by atoms with van der Waals surface area (Å²) in [5, 5.41) is 2.84. The molecule has 0 spiro atoms. The molecule has 1 saturated carbocycles. The average molecular weight is 215 g/mol. The minimum absolute atomic E-state index is 0.118. The van der Waals surface area contributed by atoms with E-state index in [1.807, 2.05) is 0 Å². The number of hydrogen-bond donors (Lipinski definition) is 1. The molecule has 0 bridgehead atoms. The summed E-state index contributed by atoms with van der Waals surface area (Å²) >= 11 is 6.52. The lowest BCUT2D eigenvalue weighted by molar-refractivity contribution is -0.119. The molecule has 2 rings (SSSR count). The zero-order valence-corrected chi connectivity index (χ0v) is 9.05. The predicted octanol–water partition coefficient (Wildman–Crippen LogP) is 2.08. The van der Waals surface area contributed by atoms with Gasteiger partial charge in [0.05, 0.1) is 5.25 Å². The Balaban J connectivity index is 1.99. The van der Waals surface area contributed by atoms with Crippen LogP contribution in [0.5, 0.6) is 0 Å². The first-order chi connectivity index (χ1) is 6.27. The minimum atomic E-state index is 0.118. The van der Waals surface area contributed by atoms with Crippen molar-refractivity contribution in [2.45, 2.75) is 37.4 Å². The van der Waals surface area contributed by atoms with E-state index < -0.39 is 0 Å². The second-order valence-electron chi connectivity index (χ2n) is 3.71. The number of thiocarbonyl (C=S) groups is 1. The van der Waals surface area contributed by atoms with Crippen LogP contribution in [0.4, 0.5) is 0 Å². The summed E-state index contributed by atoms with van der Waals surface area (Å²) in [6.07, 6.45) is 6.30. The highest BCUT2D eigenvalue weighted by Crippen LogP contribution is 2.35. The second-order valence-corrected chi connectivity index (χ2v) is 5.53. The van der Waals surface area contributed by atoms with Crippen molar-refractivity contribution in [1.29, 1.82) is 0 Å². The van der Waals surface area contributed by atoms with Gasteiger partial charge in [-0.25, -0.2) is 0 Å². The molecule has 2 nitrogen and oxygen atoms in total. The largest absolute Gasteiger partial charge is 0.311 e. The first kappa shape index (κ1) is 9.46. The summed E-state index contributed by atoms with van der Waals surface area (Å²) in [7, 11) is 0. The molecule has 1 aliphatic heterocycles. The van der Waals surface area contributed by atoms with Crippen molar-refractivity contribution in [2.24, 2.45) is 5.92 Å². The maximum Gasteiger partial charge on any atom is 0.239 e. The number of hydrogen-bond acceptors (Lipinski definition) is 3. The van der Waals surface area contributed by atoms with Gasteiger partial charge in [-0.2, -0.15) is 0 Å². The van der Waals surface area contributed by atoms with E-state index in [-0.39, 0.29) is 11.2 Å². The topological polar surface area (TPSA) is 29.1 Å². The van der Waals surface area contributed by atoms with Gasteiger partial charge in [-0.15, -0.1) is 0 Å². The molecule has 1 heterocycles. The van der Waals surface area contributed by atoms with Crippen LogP contribution >= 0.6 is 24.0 Å². The summed E-state index contributed by atoms with van der Waals surface area (Å²) in [6.45, 7) is 0. The summed E-state index contributed by atoms with van der Waals surface area (Å²) < 4.78 is 0.667. The third-order valence-electron chi connectivity index (χ3n) is 2.80. The Morgan fingerprint density at radius 3 is 2.54 bits per heavy atom. The number of carbonyl (C=O) groups is 1. The standard InChI is InChI=1S/C9H13NOS2/c11-8-7(13-9(12)10-8)6-4-2-1-3-5-6/h6-7H,1-5H2,(H,10,11,12). The highest BCUT2D eigenvalue weighted by atomic mass is 32.2. The lowest BCUT2D eigenvalue weighted by atomic mass is 9.86. The molecule has 4 heteroatoms. The van der Waals surface area contributed by atoms with Crippen molar-refractivity contribution in [1.82, 2.24) is 5.32 Å². The monoisotopic (exact) mass is 215 g/mol. The van der Waals surface area contributed by atoms with Gasteiger partial charge in [-0.05, 0) is 18.8 Å². The summed E-state index contributed by atoms with van der Waals surface area (Å²) in [5.41, 5.74) is 0. The van der Waals surface area contributed by atoms with E-state index in [1.54, 1.807) is 11.8 Å². The molecule has 0 aromatic carbocycles. The molecule has 2 aliphatic rings. The third-order valence-corrected chi connectivity index (χ3v) is 4.36. The van der Waals surface area contributed by atoms with Crippen LogP contribution in [0.3, 0.4) is 0 Å². The minimum Gasteiger partial charge on any atom is -0.311 e. The van der Waals surface area contributed by atoms with Crippen molar-refractivity contribution < 1.29 is 4.79 Å². The zero-order chi connectivity index (χ0) is 9.26. The molecule has 0 radical (unpaired) electrons. The fourth-order valence-corrected chi connectivity index (χ4v) is 3.55. The molecular formula is C9H13NOS2.